The molecule has 0 spiro atoms. The summed E-state index contributed by atoms with van der Waals surface area (Å²) >= 11 is 5.90. The van der Waals surface area contributed by atoms with Gasteiger partial charge in [0.2, 0.25) is 5.89 Å². The van der Waals surface area contributed by atoms with Gasteiger partial charge < -0.3 is 14.6 Å². The highest BCUT2D eigenvalue weighted by Gasteiger charge is 2.25. The van der Waals surface area contributed by atoms with Crippen LogP contribution in [-0.4, -0.2) is 36.5 Å². The summed E-state index contributed by atoms with van der Waals surface area (Å²) in [6.45, 7) is 5.25. The molecule has 0 saturated heterocycles. The molecule has 2 rings (SSSR count). The largest absolute Gasteiger partial charge is 0.444 e. The molecule has 1 atom stereocenters. The number of rotatable bonds is 6. The molecule has 0 aliphatic carbocycles. The molecule has 0 aliphatic rings. The number of alkyl carbamates (subject to hydrolysis) is 1. The van der Waals surface area contributed by atoms with E-state index >= 15 is 0 Å². The van der Waals surface area contributed by atoms with Crippen LogP contribution in [0.1, 0.15) is 44.1 Å². The van der Waals surface area contributed by atoms with Crippen LogP contribution in [0.15, 0.2) is 28.8 Å². The molecular weight excluding hydrogens is 394 g/mol. The van der Waals surface area contributed by atoms with Gasteiger partial charge in [0.1, 0.15) is 11.4 Å². The van der Waals surface area contributed by atoms with E-state index in [1.165, 1.54) is 0 Å². The van der Waals surface area contributed by atoms with Crippen molar-refractivity contribution in [2.45, 2.75) is 44.6 Å². The highest BCUT2D eigenvalue weighted by molar-refractivity contribution is 7.89. The average molecular weight is 416 g/mol. The molecule has 8 nitrogen and oxygen atoms in total. The third kappa shape index (κ3) is 7.56. The van der Waals surface area contributed by atoms with Crippen molar-refractivity contribution in [3.8, 4) is 0 Å². The zero-order valence-corrected chi connectivity index (χ0v) is 17.1. The SMILES string of the molecule is CC(C)(C)OC(=O)N[C@@H](Cc1ccc(Cl)cc1)c1noc(CS(C)(=O)=O)n1. The van der Waals surface area contributed by atoms with Crippen LogP contribution >= 0.6 is 11.6 Å². The van der Waals surface area contributed by atoms with E-state index in [2.05, 4.69) is 15.5 Å². The van der Waals surface area contributed by atoms with Crippen LogP contribution in [0.5, 0.6) is 0 Å². The van der Waals surface area contributed by atoms with Crippen LogP contribution in [0.3, 0.4) is 0 Å². The minimum Gasteiger partial charge on any atom is -0.444 e. The van der Waals surface area contributed by atoms with Crippen LogP contribution in [0.2, 0.25) is 5.02 Å². The second kappa shape index (κ2) is 8.26. The molecule has 27 heavy (non-hydrogen) atoms. The number of hydrogen-bond acceptors (Lipinski definition) is 7. The van der Waals surface area contributed by atoms with Gasteiger partial charge in [-0.25, -0.2) is 13.2 Å². The summed E-state index contributed by atoms with van der Waals surface area (Å²) in [6, 6.07) is 6.41. The molecule has 1 aromatic carbocycles. The third-order valence-corrected chi connectivity index (χ3v) is 4.25. The number of sulfone groups is 1. The predicted octanol–water partition coefficient (Wildman–Crippen LogP) is 3.08. The maximum Gasteiger partial charge on any atom is 0.408 e. The maximum atomic E-state index is 12.2. The fourth-order valence-electron chi connectivity index (χ4n) is 2.21. The van der Waals surface area contributed by atoms with Gasteiger partial charge in [-0.1, -0.05) is 28.9 Å². The molecule has 148 valence electrons. The summed E-state index contributed by atoms with van der Waals surface area (Å²) in [7, 11) is -3.32. The van der Waals surface area contributed by atoms with Gasteiger partial charge >= 0.3 is 6.09 Å². The second-order valence-electron chi connectivity index (χ2n) is 7.15. The molecule has 0 radical (unpaired) electrons. The molecule has 0 bridgehead atoms. The molecule has 2 aromatic rings. The Bertz CT molecular complexity index is 888. The number of carbonyl (C=O) groups excluding carboxylic acids is 1. The monoisotopic (exact) mass is 415 g/mol. The van der Waals surface area contributed by atoms with E-state index in [4.69, 9.17) is 20.9 Å². The van der Waals surface area contributed by atoms with Crippen molar-refractivity contribution in [1.29, 1.82) is 0 Å². The van der Waals surface area contributed by atoms with Crippen molar-refractivity contribution in [3.63, 3.8) is 0 Å². The molecule has 1 amide bonds. The van der Waals surface area contributed by atoms with Crippen molar-refractivity contribution >= 4 is 27.5 Å². The lowest BCUT2D eigenvalue weighted by Gasteiger charge is -2.22. The van der Waals surface area contributed by atoms with Crippen LogP contribution in [0, 0.1) is 0 Å². The number of ether oxygens (including phenoxy) is 1. The molecular formula is C17H22ClN3O5S. The quantitative estimate of drug-likeness (QED) is 0.771. The summed E-state index contributed by atoms with van der Waals surface area (Å²) in [5, 5.41) is 7.11. The summed E-state index contributed by atoms with van der Waals surface area (Å²) in [5.74, 6) is -0.255. The van der Waals surface area contributed by atoms with Gasteiger partial charge in [0.15, 0.2) is 15.7 Å². The number of aromatic nitrogens is 2. The van der Waals surface area contributed by atoms with Crippen LogP contribution in [-0.2, 0) is 26.7 Å². The van der Waals surface area contributed by atoms with E-state index in [0.29, 0.717) is 11.4 Å². The van der Waals surface area contributed by atoms with E-state index in [-0.39, 0.29) is 17.5 Å². The van der Waals surface area contributed by atoms with Gasteiger partial charge in [-0.15, -0.1) is 0 Å². The minimum atomic E-state index is -3.32. The lowest BCUT2D eigenvalue weighted by Crippen LogP contribution is -2.36. The van der Waals surface area contributed by atoms with E-state index in [9.17, 15) is 13.2 Å². The number of nitrogens with one attached hydrogen (secondary N) is 1. The first-order valence-corrected chi connectivity index (χ1v) is 10.6. The first kappa shape index (κ1) is 21.2. The zero-order chi connectivity index (χ0) is 20.2. The molecule has 0 saturated carbocycles. The Morgan fingerprint density at radius 2 is 1.93 bits per heavy atom. The number of benzene rings is 1. The number of nitrogens with zero attached hydrogens (tertiary/aromatic N) is 2. The lowest BCUT2D eigenvalue weighted by molar-refractivity contribution is 0.0500. The van der Waals surface area contributed by atoms with Crippen LogP contribution in [0.25, 0.3) is 0 Å². The van der Waals surface area contributed by atoms with Gasteiger partial charge in [0.25, 0.3) is 0 Å². The van der Waals surface area contributed by atoms with Crippen molar-refractivity contribution in [2.24, 2.45) is 0 Å². The van der Waals surface area contributed by atoms with E-state index in [0.717, 1.165) is 11.8 Å². The van der Waals surface area contributed by atoms with Crippen LogP contribution in [0.4, 0.5) is 4.79 Å². The van der Waals surface area contributed by atoms with Gasteiger partial charge in [-0.05, 0) is 38.5 Å². The molecule has 0 fully saturated rings. The third-order valence-electron chi connectivity index (χ3n) is 3.23. The molecule has 10 heteroatoms. The number of carbonyl (C=O) groups is 1. The second-order valence-corrected chi connectivity index (χ2v) is 9.72. The highest BCUT2D eigenvalue weighted by Crippen LogP contribution is 2.19. The zero-order valence-electron chi connectivity index (χ0n) is 15.5. The molecule has 0 unspecified atom stereocenters. The van der Waals surface area contributed by atoms with Gasteiger partial charge in [0.05, 0.1) is 6.04 Å². The molecule has 1 heterocycles. The van der Waals surface area contributed by atoms with Gasteiger partial charge in [0, 0.05) is 17.7 Å². The minimum absolute atomic E-state index is 0.0420. The van der Waals surface area contributed by atoms with E-state index < -0.39 is 27.6 Å². The summed E-state index contributed by atoms with van der Waals surface area (Å²) in [4.78, 5) is 16.3. The number of amides is 1. The Morgan fingerprint density at radius 1 is 1.30 bits per heavy atom. The smallest absolute Gasteiger partial charge is 0.408 e. The van der Waals surface area contributed by atoms with Crippen molar-refractivity contribution in [2.75, 3.05) is 6.26 Å². The van der Waals surface area contributed by atoms with Crippen molar-refractivity contribution in [1.82, 2.24) is 15.5 Å². The topological polar surface area (TPSA) is 111 Å². The van der Waals surface area contributed by atoms with E-state index in [1.54, 1.807) is 32.9 Å². The first-order chi connectivity index (χ1) is 12.4. The van der Waals surface area contributed by atoms with Crippen molar-refractivity contribution in [3.05, 3.63) is 46.6 Å². The van der Waals surface area contributed by atoms with Crippen molar-refractivity contribution < 1.29 is 22.5 Å². The summed E-state index contributed by atoms with van der Waals surface area (Å²) in [5.41, 5.74) is 0.197. The Labute approximate surface area is 163 Å². The van der Waals surface area contributed by atoms with Gasteiger partial charge in [-0.3, -0.25) is 0 Å². The summed E-state index contributed by atoms with van der Waals surface area (Å²) in [6.07, 6.45) is 0.769. The standard InChI is InChI=1S/C17H22ClN3O5S/c1-17(2,3)25-16(22)19-13(9-11-5-7-12(18)8-6-11)15-20-14(26-21-15)10-27(4,23)24/h5-8,13H,9-10H2,1-4H3,(H,19,22)/t13-/m0/s1. The number of halogens is 1. The van der Waals surface area contributed by atoms with Crippen LogP contribution < -0.4 is 5.32 Å². The Balaban J connectivity index is 2.23. The normalized spacial score (nSPS) is 13.2. The molecule has 1 aromatic heterocycles. The molecule has 1 N–H and O–H groups in total. The molecule has 0 aliphatic heterocycles. The lowest BCUT2D eigenvalue weighted by atomic mass is 10.1. The first-order valence-electron chi connectivity index (χ1n) is 8.15. The Kier molecular flexibility index (Phi) is 6.48. The Hall–Kier alpha value is -2.13. The average Bonchev–Trinajstić information content (AvgIpc) is 2.93. The van der Waals surface area contributed by atoms with Gasteiger partial charge in [-0.2, -0.15) is 4.98 Å². The highest BCUT2D eigenvalue weighted by atomic mass is 35.5. The maximum absolute atomic E-state index is 12.2. The fourth-order valence-corrected chi connectivity index (χ4v) is 2.90. The predicted molar refractivity (Wildman–Crippen MR) is 100 cm³/mol. The Morgan fingerprint density at radius 3 is 2.48 bits per heavy atom. The van der Waals surface area contributed by atoms with E-state index in [1.807, 2.05) is 12.1 Å². The number of hydrogen-bond donors (Lipinski definition) is 1. The summed E-state index contributed by atoms with van der Waals surface area (Å²) < 4.78 is 33.1. The fraction of sp³-hybridized carbons (Fsp3) is 0.471.